The molecule has 1 aromatic heterocycles. The molecule has 0 saturated carbocycles. The Morgan fingerprint density at radius 2 is 1.92 bits per heavy atom. The summed E-state index contributed by atoms with van der Waals surface area (Å²) in [6.45, 7) is 0. The number of thiophene rings is 1. The Morgan fingerprint density at radius 3 is 2.58 bits per heavy atom. The lowest BCUT2D eigenvalue weighted by Gasteiger charge is -2.11. The standard InChI is InChI=1S/C18H20N2O2S2/c1-23-12-8-6-11(7-9-12)10-15(21)20-18-16(17(19)22)13-4-2-3-5-14(13)24-18/h6-9H,2-5,10H2,1H3,(H2,19,22)(H,20,21). The van der Waals surface area contributed by atoms with Crippen molar-refractivity contribution in [3.05, 3.63) is 45.8 Å². The van der Waals surface area contributed by atoms with Crippen molar-refractivity contribution in [2.75, 3.05) is 11.6 Å². The van der Waals surface area contributed by atoms with Crippen LogP contribution in [-0.4, -0.2) is 18.1 Å². The average molecular weight is 361 g/mol. The number of hydrogen-bond acceptors (Lipinski definition) is 4. The highest BCUT2D eigenvalue weighted by molar-refractivity contribution is 7.98. The van der Waals surface area contributed by atoms with Crippen LogP contribution in [0.5, 0.6) is 0 Å². The maximum Gasteiger partial charge on any atom is 0.251 e. The molecule has 0 atom stereocenters. The molecule has 1 aliphatic carbocycles. The second-order valence-corrected chi connectivity index (χ2v) is 7.84. The molecule has 0 aliphatic heterocycles. The number of thioether (sulfide) groups is 1. The van der Waals surface area contributed by atoms with E-state index < -0.39 is 5.91 Å². The summed E-state index contributed by atoms with van der Waals surface area (Å²) in [7, 11) is 0. The number of carbonyl (C=O) groups excluding carboxylic acids is 2. The Morgan fingerprint density at radius 1 is 1.21 bits per heavy atom. The summed E-state index contributed by atoms with van der Waals surface area (Å²) >= 11 is 3.17. The molecular formula is C18H20N2O2S2. The maximum absolute atomic E-state index is 12.4. The van der Waals surface area contributed by atoms with Crippen molar-refractivity contribution in [2.24, 2.45) is 5.73 Å². The van der Waals surface area contributed by atoms with E-state index in [0.29, 0.717) is 10.6 Å². The van der Waals surface area contributed by atoms with Crippen molar-refractivity contribution in [2.45, 2.75) is 37.0 Å². The van der Waals surface area contributed by atoms with Gasteiger partial charge in [-0.3, -0.25) is 9.59 Å². The molecule has 3 rings (SSSR count). The van der Waals surface area contributed by atoms with Crippen molar-refractivity contribution < 1.29 is 9.59 Å². The smallest absolute Gasteiger partial charge is 0.251 e. The summed E-state index contributed by atoms with van der Waals surface area (Å²) in [5.41, 5.74) is 8.06. The van der Waals surface area contributed by atoms with Crippen molar-refractivity contribution in [3.8, 4) is 0 Å². The number of rotatable bonds is 5. The minimum atomic E-state index is -0.450. The summed E-state index contributed by atoms with van der Waals surface area (Å²) in [5, 5.41) is 3.51. The second kappa shape index (κ2) is 7.40. The Balaban J connectivity index is 1.76. The third kappa shape index (κ3) is 3.65. The predicted octanol–water partition coefficient (Wildman–Crippen LogP) is 3.63. The van der Waals surface area contributed by atoms with Crippen LogP contribution in [0.15, 0.2) is 29.2 Å². The van der Waals surface area contributed by atoms with Crippen LogP contribution in [0.1, 0.15) is 39.2 Å². The zero-order chi connectivity index (χ0) is 17.1. The number of fused-ring (bicyclic) bond motifs is 1. The fraction of sp³-hybridized carbons (Fsp3) is 0.333. The summed E-state index contributed by atoms with van der Waals surface area (Å²) in [6, 6.07) is 7.93. The first-order valence-electron chi connectivity index (χ1n) is 7.95. The number of benzene rings is 1. The van der Waals surface area contributed by atoms with Gasteiger partial charge < -0.3 is 11.1 Å². The van der Waals surface area contributed by atoms with Gasteiger partial charge in [-0.25, -0.2) is 0 Å². The zero-order valence-electron chi connectivity index (χ0n) is 13.6. The van der Waals surface area contributed by atoms with Gasteiger partial charge >= 0.3 is 0 Å². The molecule has 0 spiro atoms. The topological polar surface area (TPSA) is 72.2 Å². The lowest BCUT2D eigenvalue weighted by molar-refractivity contribution is -0.115. The molecule has 0 saturated heterocycles. The van der Waals surface area contributed by atoms with Crippen LogP contribution in [-0.2, 0) is 24.1 Å². The number of amides is 2. The second-order valence-electron chi connectivity index (χ2n) is 5.85. The van der Waals surface area contributed by atoms with Crippen molar-refractivity contribution in [1.82, 2.24) is 0 Å². The summed E-state index contributed by atoms with van der Waals surface area (Å²) in [6.07, 6.45) is 6.34. The lowest BCUT2D eigenvalue weighted by atomic mass is 9.95. The molecule has 0 fully saturated rings. The molecule has 1 aromatic carbocycles. The molecule has 0 unspecified atom stereocenters. The fourth-order valence-electron chi connectivity index (χ4n) is 3.01. The molecule has 0 radical (unpaired) electrons. The molecule has 0 bridgehead atoms. The van der Waals surface area contributed by atoms with Gasteiger partial charge in [0.25, 0.3) is 5.91 Å². The van der Waals surface area contributed by atoms with E-state index in [0.717, 1.165) is 36.8 Å². The van der Waals surface area contributed by atoms with E-state index in [9.17, 15) is 9.59 Å². The highest BCUT2D eigenvalue weighted by atomic mass is 32.2. The molecule has 126 valence electrons. The first-order valence-corrected chi connectivity index (χ1v) is 9.99. The number of hydrogen-bond donors (Lipinski definition) is 2. The van der Waals surface area contributed by atoms with Gasteiger partial charge in [0.05, 0.1) is 12.0 Å². The largest absolute Gasteiger partial charge is 0.365 e. The number of carbonyl (C=O) groups is 2. The van der Waals surface area contributed by atoms with Crippen LogP contribution in [0, 0.1) is 0 Å². The molecule has 4 nitrogen and oxygen atoms in total. The minimum Gasteiger partial charge on any atom is -0.365 e. The van der Waals surface area contributed by atoms with Crippen molar-refractivity contribution >= 4 is 39.9 Å². The lowest BCUT2D eigenvalue weighted by Crippen LogP contribution is -2.19. The third-order valence-corrected chi connectivity index (χ3v) is 6.15. The number of nitrogens with one attached hydrogen (secondary N) is 1. The zero-order valence-corrected chi connectivity index (χ0v) is 15.2. The first kappa shape index (κ1) is 17.0. The number of anilines is 1. The van der Waals surface area contributed by atoms with Crippen molar-refractivity contribution in [3.63, 3.8) is 0 Å². The van der Waals surface area contributed by atoms with E-state index in [1.165, 1.54) is 21.1 Å². The Kier molecular flexibility index (Phi) is 5.26. The van der Waals surface area contributed by atoms with Gasteiger partial charge in [0.15, 0.2) is 0 Å². The Labute approximate surface area is 149 Å². The van der Waals surface area contributed by atoms with E-state index in [4.69, 9.17) is 5.73 Å². The summed E-state index contributed by atoms with van der Waals surface area (Å²) < 4.78 is 0. The molecule has 2 aromatic rings. The normalized spacial score (nSPS) is 13.4. The van der Waals surface area contributed by atoms with Crippen LogP contribution >= 0.6 is 23.1 Å². The summed E-state index contributed by atoms with van der Waals surface area (Å²) in [4.78, 5) is 26.6. The van der Waals surface area contributed by atoms with Gasteiger partial charge in [-0.15, -0.1) is 23.1 Å². The highest BCUT2D eigenvalue weighted by Gasteiger charge is 2.24. The molecule has 3 N–H and O–H groups in total. The van der Waals surface area contributed by atoms with Crippen LogP contribution in [0.4, 0.5) is 5.00 Å². The van der Waals surface area contributed by atoms with E-state index in [1.54, 1.807) is 11.8 Å². The van der Waals surface area contributed by atoms with E-state index in [-0.39, 0.29) is 12.3 Å². The van der Waals surface area contributed by atoms with Gasteiger partial charge in [-0.05, 0) is 55.2 Å². The molecule has 24 heavy (non-hydrogen) atoms. The fourth-order valence-corrected chi connectivity index (χ4v) is 4.73. The van der Waals surface area contributed by atoms with Crippen LogP contribution < -0.4 is 11.1 Å². The molecule has 1 aliphatic rings. The third-order valence-electron chi connectivity index (χ3n) is 4.19. The number of aryl methyl sites for hydroxylation is 1. The van der Waals surface area contributed by atoms with Crippen molar-refractivity contribution in [1.29, 1.82) is 0 Å². The Hall–Kier alpha value is -1.79. The van der Waals surface area contributed by atoms with E-state index in [1.807, 2.05) is 30.5 Å². The van der Waals surface area contributed by atoms with Gasteiger partial charge in [-0.1, -0.05) is 12.1 Å². The molecular weight excluding hydrogens is 340 g/mol. The van der Waals surface area contributed by atoms with Crippen LogP contribution in [0.3, 0.4) is 0 Å². The van der Waals surface area contributed by atoms with Gasteiger partial charge in [0.2, 0.25) is 5.91 Å². The predicted molar refractivity (Wildman–Crippen MR) is 100 cm³/mol. The van der Waals surface area contributed by atoms with Crippen LogP contribution in [0.2, 0.25) is 0 Å². The SMILES string of the molecule is CSc1ccc(CC(=O)Nc2sc3c(c2C(N)=O)CCCC3)cc1. The Bertz CT molecular complexity index is 766. The number of nitrogens with two attached hydrogens (primary N) is 1. The summed E-state index contributed by atoms with van der Waals surface area (Å²) in [5.74, 6) is -0.568. The average Bonchev–Trinajstić information content (AvgIpc) is 2.93. The number of primary amides is 1. The molecule has 1 heterocycles. The van der Waals surface area contributed by atoms with E-state index >= 15 is 0 Å². The van der Waals surface area contributed by atoms with Gasteiger partial charge in [0.1, 0.15) is 5.00 Å². The molecule has 6 heteroatoms. The minimum absolute atomic E-state index is 0.118. The van der Waals surface area contributed by atoms with Crippen LogP contribution in [0.25, 0.3) is 0 Å². The molecule has 2 amide bonds. The highest BCUT2D eigenvalue weighted by Crippen LogP contribution is 2.37. The quantitative estimate of drug-likeness (QED) is 0.800. The monoisotopic (exact) mass is 360 g/mol. The van der Waals surface area contributed by atoms with Gasteiger partial charge in [0, 0.05) is 9.77 Å². The maximum atomic E-state index is 12.4. The van der Waals surface area contributed by atoms with Gasteiger partial charge in [-0.2, -0.15) is 0 Å². The first-order chi connectivity index (χ1) is 11.6. The van der Waals surface area contributed by atoms with E-state index in [2.05, 4.69) is 5.32 Å².